The van der Waals surface area contributed by atoms with Gasteiger partial charge in [0.2, 0.25) is 0 Å². The molecule has 5 heterocycles. The van der Waals surface area contributed by atoms with Crippen LogP contribution in [0.4, 0.5) is 85.9 Å². The number of fused-ring (bicyclic) bond motifs is 1. The van der Waals surface area contributed by atoms with E-state index < -0.39 is 69.1 Å². The van der Waals surface area contributed by atoms with Crippen LogP contribution in [0.3, 0.4) is 0 Å². The van der Waals surface area contributed by atoms with Gasteiger partial charge in [0.25, 0.3) is 53.1 Å². The second-order valence-electron chi connectivity index (χ2n) is 39.5. The molecular weight excluding hydrogens is 1830 g/mol. The van der Waals surface area contributed by atoms with E-state index in [1.807, 2.05) is 31.7 Å². The van der Waals surface area contributed by atoms with Crippen molar-refractivity contribution in [3.05, 3.63) is 253 Å². The minimum absolute atomic E-state index is 0.0510. The number of thiocarbonyl (C=S) groups is 4. The lowest BCUT2D eigenvalue weighted by molar-refractivity contribution is -0.126. The monoisotopic (exact) mass is 1940 g/mol. The summed E-state index contributed by atoms with van der Waals surface area (Å²) in [6.07, 6.45) is 17.1. The molecule has 4 saturated heterocycles. The number of carbonyl (C=O) groups is 8. The van der Waals surface area contributed by atoms with Gasteiger partial charge >= 0.3 is 0 Å². The predicted octanol–water partition coefficient (Wildman–Crippen LogP) is 21.9. The zero-order valence-corrected chi connectivity index (χ0v) is 82.9. The highest BCUT2D eigenvalue weighted by Crippen LogP contribution is 2.59. The Bertz CT molecular complexity index is 6580. The van der Waals surface area contributed by atoms with Crippen LogP contribution in [0.5, 0.6) is 0 Å². The minimum Gasteiger partial charge on any atom is -0.360 e. The van der Waals surface area contributed by atoms with Crippen molar-refractivity contribution in [1.29, 1.82) is 0 Å². The normalized spacial score (nSPS) is 20.6. The molecule has 17 rings (SSSR count). The largest absolute Gasteiger partial charge is 0.360 e. The van der Waals surface area contributed by atoms with Crippen molar-refractivity contribution in [2.75, 3.05) is 67.4 Å². The van der Waals surface area contributed by atoms with Gasteiger partial charge in [0.05, 0.1) is 47.7 Å². The number of nitrogens with zero attached hydrogens (tertiary/aromatic N) is 13. The molecule has 4 N–H and O–H groups in total. The fourth-order valence-corrected chi connectivity index (χ4v) is 24.3. The van der Waals surface area contributed by atoms with Crippen LogP contribution in [0.2, 0.25) is 0 Å². The third kappa shape index (κ3) is 18.3. The molecule has 25 nitrogen and oxygen atoms in total. The summed E-state index contributed by atoms with van der Waals surface area (Å²) in [5.41, 5.74) is 4.21. The Morgan fingerprint density at radius 1 is 0.348 bits per heavy atom. The van der Waals surface area contributed by atoms with Gasteiger partial charge in [-0.2, -0.15) is 0 Å². The molecule has 9 fully saturated rings. The number of nitrogens with one attached hydrogen (secondary N) is 4. The maximum atomic E-state index is 15.1. The highest BCUT2D eigenvalue weighted by atomic mass is 32.1. The summed E-state index contributed by atoms with van der Waals surface area (Å²) in [5, 5.41) is 10.8. The number of aromatic nitrogens is 1. The number of carbonyl (C=O) groups excluding carboxylic acids is 8. The number of benzene rings is 7. The molecule has 138 heavy (non-hydrogen) atoms. The Balaban J connectivity index is 0.000000147. The topological polar surface area (TPSA) is 241 Å². The van der Waals surface area contributed by atoms with E-state index in [2.05, 4.69) is 87.2 Å². The first-order valence-corrected chi connectivity index (χ1v) is 47.7. The van der Waals surface area contributed by atoms with Crippen LogP contribution in [0, 0.1) is 105 Å². The van der Waals surface area contributed by atoms with Crippen LogP contribution in [0.1, 0.15) is 227 Å². The molecule has 3 unspecified atom stereocenters. The Labute approximate surface area is 823 Å². The zero-order valence-electron chi connectivity index (χ0n) is 79.6. The highest BCUT2D eigenvalue weighted by Gasteiger charge is 2.65. The van der Waals surface area contributed by atoms with Crippen LogP contribution < -0.4 is 60.5 Å². The number of hydrogen-bond donors (Lipinski definition) is 4. The first-order valence-electron chi connectivity index (χ1n) is 46.0. The molecular formula is C105H109F4N17O8S4. The molecule has 9 aliphatic rings. The summed E-state index contributed by atoms with van der Waals surface area (Å²) in [5.74, 6) is -4.03. The molecule has 3 atom stereocenters. The van der Waals surface area contributed by atoms with Gasteiger partial charge in [-0.05, 0) is 319 Å². The average molecular weight is 1940 g/mol. The van der Waals surface area contributed by atoms with E-state index in [0.29, 0.717) is 136 Å². The van der Waals surface area contributed by atoms with Gasteiger partial charge in [0.15, 0.2) is 37.5 Å². The Morgan fingerprint density at radius 2 is 0.659 bits per heavy atom. The maximum Gasteiger partial charge on any atom is 0.272 e. The number of anilines is 8. The Hall–Kier alpha value is -13.3. The SMILES string of the molecule is [C-]#[N+]c1ccc(N2C(=O)C3(CCC(C)(C)CC3)N(c3ccc(C(=O)NC)c(F)c3)C2=S)cc1C.[C-]#[N+]c1ccc(N2C(=O)C3(CCC4CCCCC4C3)N(c3ccc(C(=O)NC)c(F)c3)C2=S)cc1C.[C-]#[N+]c1ccc(N2C(=O)C3(CCCCC3)N(c3ccc(C(=O)NC)c(F)c3)C2=S)cc1C.[C-]#[N+]c1ncc(N2C(=O)C3(CC(C)(C)CC(C)(C)C3)N(c3ccc(C(=O)NC)c(F)c3)C2=S)cc1C. The van der Waals surface area contributed by atoms with Crippen molar-refractivity contribution in [2.24, 2.45) is 28.1 Å². The van der Waals surface area contributed by atoms with Gasteiger partial charge in [-0.15, -0.1) is 4.98 Å². The third-order valence-corrected chi connectivity index (χ3v) is 30.1. The lowest BCUT2D eigenvalue weighted by atomic mass is 9.58. The van der Waals surface area contributed by atoms with Gasteiger partial charge in [-0.1, -0.05) is 111 Å². The summed E-state index contributed by atoms with van der Waals surface area (Å²) >= 11 is 23.4. The zero-order chi connectivity index (χ0) is 100. The second kappa shape index (κ2) is 39.3. The lowest BCUT2D eigenvalue weighted by Gasteiger charge is -2.52. The Kier molecular flexibility index (Phi) is 28.6. The summed E-state index contributed by atoms with van der Waals surface area (Å²) in [4.78, 5) is 136. The van der Waals surface area contributed by atoms with Gasteiger partial charge < -0.3 is 45.7 Å². The number of aryl methyl sites for hydroxylation is 4. The van der Waals surface area contributed by atoms with E-state index in [9.17, 15) is 47.1 Å². The fraction of sp³-hybridized carbons (Fsp3) is 0.400. The van der Waals surface area contributed by atoms with Crippen LogP contribution in [0.25, 0.3) is 19.4 Å². The number of rotatable bonds is 12. The molecule has 5 saturated carbocycles. The van der Waals surface area contributed by atoms with E-state index in [0.717, 1.165) is 74.5 Å². The van der Waals surface area contributed by atoms with Crippen molar-refractivity contribution in [2.45, 2.75) is 213 Å². The molecule has 4 aliphatic heterocycles. The van der Waals surface area contributed by atoms with E-state index in [1.54, 1.807) is 105 Å². The van der Waals surface area contributed by atoms with Crippen molar-refractivity contribution in [3.63, 3.8) is 0 Å². The van der Waals surface area contributed by atoms with Gasteiger partial charge in [0, 0.05) is 68.0 Å². The van der Waals surface area contributed by atoms with Crippen molar-refractivity contribution < 1.29 is 55.9 Å². The van der Waals surface area contributed by atoms with Gasteiger partial charge in [-0.3, -0.25) is 58.0 Å². The van der Waals surface area contributed by atoms with Crippen LogP contribution in [-0.4, -0.2) is 123 Å². The first-order chi connectivity index (χ1) is 65.4. The van der Waals surface area contributed by atoms with Gasteiger partial charge in [-0.25, -0.2) is 32.1 Å². The quantitative estimate of drug-likeness (QED) is 0.0505. The molecule has 5 aliphatic carbocycles. The van der Waals surface area contributed by atoms with E-state index >= 15 is 8.78 Å². The molecule has 1 aromatic heterocycles. The molecule has 4 spiro atoms. The number of pyridine rings is 1. The van der Waals surface area contributed by atoms with Crippen molar-refractivity contribution >= 4 is 185 Å². The van der Waals surface area contributed by atoms with Gasteiger partial charge in [0.1, 0.15) is 51.6 Å². The highest BCUT2D eigenvalue weighted by molar-refractivity contribution is 7.81. The fourth-order valence-electron chi connectivity index (χ4n) is 22.4. The average Bonchev–Trinajstić information content (AvgIpc) is 1.68. The summed E-state index contributed by atoms with van der Waals surface area (Å²) in [6.45, 7) is 49.4. The molecule has 0 bridgehead atoms. The molecule has 7 aromatic carbocycles. The van der Waals surface area contributed by atoms with Crippen molar-refractivity contribution in [1.82, 2.24) is 26.3 Å². The smallest absolute Gasteiger partial charge is 0.272 e. The summed E-state index contributed by atoms with van der Waals surface area (Å²) in [7, 11) is 5.79. The van der Waals surface area contributed by atoms with E-state index in [1.165, 1.54) is 110 Å². The molecule has 714 valence electrons. The predicted molar refractivity (Wildman–Crippen MR) is 544 cm³/mol. The molecule has 33 heteroatoms. The second-order valence-corrected chi connectivity index (χ2v) is 40.9. The van der Waals surface area contributed by atoms with Crippen LogP contribution >= 0.6 is 48.9 Å². The van der Waals surface area contributed by atoms with Crippen molar-refractivity contribution in [3.8, 4) is 0 Å². The Morgan fingerprint density at radius 3 is 0.993 bits per heavy atom. The lowest BCUT2D eigenvalue weighted by Crippen LogP contribution is -2.58. The van der Waals surface area contributed by atoms with E-state index in [4.69, 9.17) is 75.2 Å². The maximum absolute atomic E-state index is 15.1. The number of halogens is 4. The first kappa shape index (κ1) is 101. The minimum atomic E-state index is -1.05. The standard InChI is InChI=1S/C28H29FN4O2S.C27H30FN5O2S.C26H27FN4O2S.C24H23FN4O2S/c1-17-14-20(9-11-24(17)30-2)32-26(35)28(13-12-18-6-4-5-7-19(18)16-28)33(27(32)36)21-8-10-22(23(29)15-21)25(34)31-3;1-16-10-18(12-31-21(16)29-6)32-23(35)27(14-25(2,3)13-26(4,5)15-27)33(24(32)36)17-8-9-19(20(28)11-17)22(34)30-7;1-16-14-17(7-9-21(16)28-4)30-23(33)26(12-10-25(2,3)11-13-26)31(24(30)34)18-6-8-19(20(27)15-18)22(32)29-5;1-15-13-16(8-10-20(15)26-2)28-22(31)24(11-5-4-6-12-24)29(23(28)32)17-7-9-18(19(25)14-17)21(30)27-3/h8-11,14-15,18-19H,4-7,12-13,16H2,1,3H3,(H,31,34);8-12H,13-15H2,1-5,7H3,(H,30,34);6-9,14-15H,10-13H2,1-3,5H3,(H,29,32);7-10,13-14H,4-6,11-12H2,1,3H3,(H,27,30). The van der Waals surface area contributed by atoms with Crippen LogP contribution in [-0.2, 0) is 19.2 Å². The molecule has 8 aromatic rings. The molecule has 0 radical (unpaired) electrons. The number of amides is 8. The third-order valence-electron chi connectivity index (χ3n) is 28.7. The number of hydrogen-bond acceptors (Lipinski definition) is 13. The van der Waals surface area contributed by atoms with Crippen LogP contribution in [0.15, 0.2) is 140 Å². The summed E-state index contributed by atoms with van der Waals surface area (Å²) in [6, 6.07) is 34.9. The molecule has 8 amide bonds. The van der Waals surface area contributed by atoms with E-state index in [-0.39, 0.29) is 83.3 Å². The summed E-state index contributed by atoms with van der Waals surface area (Å²) < 4.78 is 60.0.